The summed E-state index contributed by atoms with van der Waals surface area (Å²) in [5.74, 6) is 1.14. The summed E-state index contributed by atoms with van der Waals surface area (Å²) in [7, 11) is 3.07. The normalized spacial score (nSPS) is 10.7. The van der Waals surface area contributed by atoms with Gasteiger partial charge in [-0.25, -0.2) is 4.98 Å². The number of benzene rings is 3. The van der Waals surface area contributed by atoms with E-state index in [1.165, 1.54) is 11.7 Å². The summed E-state index contributed by atoms with van der Waals surface area (Å²) >= 11 is 0. The first-order chi connectivity index (χ1) is 15.5. The third-order valence-electron chi connectivity index (χ3n) is 5.14. The molecule has 0 aliphatic carbocycles. The van der Waals surface area contributed by atoms with Crippen LogP contribution in [0.5, 0.6) is 11.5 Å². The van der Waals surface area contributed by atoms with Gasteiger partial charge in [0.1, 0.15) is 12.4 Å². The maximum atomic E-state index is 13.3. The molecular formula is C25H23N3O4. The van der Waals surface area contributed by atoms with Crippen molar-refractivity contribution in [3.8, 4) is 22.9 Å². The van der Waals surface area contributed by atoms with Crippen LogP contribution in [0.15, 0.2) is 71.5 Å². The Morgan fingerprint density at radius 1 is 0.969 bits per heavy atom. The lowest BCUT2D eigenvalue weighted by Crippen LogP contribution is -2.30. The smallest absolute Gasteiger partial charge is 0.262 e. The number of hydrogen-bond donors (Lipinski definition) is 1. The van der Waals surface area contributed by atoms with Gasteiger partial charge >= 0.3 is 0 Å². The second-order valence-electron chi connectivity index (χ2n) is 7.33. The third kappa shape index (κ3) is 4.18. The Hall–Kier alpha value is -4.13. The number of hydrogen-bond acceptors (Lipinski definition) is 5. The van der Waals surface area contributed by atoms with Crippen LogP contribution in [0.3, 0.4) is 0 Å². The minimum Gasteiger partial charge on any atom is -0.493 e. The first-order valence-electron chi connectivity index (χ1n) is 10.1. The number of nitrogens with one attached hydrogen (secondary N) is 1. The Kier molecular flexibility index (Phi) is 5.89. The monoisotopic (exact) mass is 429 g/mol. The van der Waals surface area contributed by atoms with Crippen molar-refractivity contribution >= 4 is 22.5 Å². The second-order valence-corrected chi connectivity index (χ2v) is 7.33. The van der Waals surface area contributed by atoms with Crippen LogP contribution in [-0.2, 0) is 11.3 Å². The fourth-order valence-corrected chi connectivity index (χ4v) is 3.50. The van der Waals surface area contributed by atoms with Gasteiger partial charge in [-0.1, -0.05) is 42.0 Å². The first kappa shape index (κ1) is 21.1. The van der Waals surface area contributed by atoms with E-state index < -0.39 is 0 Å². The number of rotatable bonds is 6. The number of carbonyl (C=O) groups is 1. The summed E-state index contributed by atoms with van der Waals surface area (Å²) in [5.41, 5.74) is 2.71. The molecule has 3 aromatic carbocycles. The highest BCUT2D eigenvalue weighted by Gasteiger charge is 2.16. The molecule has 1 heterocycles. The lowest BCUT2D eigenvalue weighted by Gasteiger charge is -2.15. The van der Waals surface area contributed by atoms with E-state index in [1.54, 1.807) is 43.5 Å². The molecule has 7 heteroatoms. The van der Waals surface area contributed by atoms with Crippen LogP contribution in [0.1, 0.15) is 5.56 Å². The molecule has 1 amide bonds. The minimum atomic E-state index is -0.357. The highest BCUT2D eigenvalue weighted by Crippen LogP contribution is 2.29. The molecule has 4 rings (SSSR count). The molecule has 0 unspecified atom stereocenters. The van der Waals surface area contributed by atoms with Crippen LogP contribution < -0.4 is 20.3 Å². The number of methoxy groups -OCH3 is 2. The Morgan fingerprint density at radius 3 is 2.41 bits per heavy atom. The van der Waals surface area contributed by atoms with Gasteiger partial charge in [0.15, 0.2) is 11.5 Å². The van der Waals surface area contributed by atoms with E-state index in [0.717, 1.165) is 11.1 Å². The summed E-state index contributed by atoms with van der Waals surface area (Å²) in [6.45, 7) is 1.80. The van der Waals surface area contributed by atoms with Crippen molar-refractivity contribution in [2.45, 2.75) is 13.5 Å². The fourth-order valence-electron chi connectivity index (χ4n) is 3.50. The van der Waals surface area contributed by atoms with Crippen molar-refractivity contribution in [3.05, 3.63) is 82.6 Å². The molecule has 162 valence electrons. The van der Waals surface area contributed by atoms with E-state index in [-0.39, 0.29) is 18.0 Å². The van der Waals surface area contributed by atoms with E-state index in [9.17, 15) is 9.59 Å². The Labute approximate surface area is 185 Å². The number of nitrogens with zero attached hydrogens (tertiary/aromatic N) is 2. The van der Waals surface area contributed by atoms with Gasteiger partial charge in [-0.05, 0) is 31.2 Å². The predicted octanol–water partition coefficient (Wildman–Crippen LogP) is 4.03. The number of aryl methyl sites for hydroxylation is 1. The summed E-state index contributed by atoms with van der Waals surface area (Å²) in [6, 6.07) is 19.9. The molecule has 0 bridgehead atoms. The SMILES string of the molecule is COc1ccc(NC(=O)Cn2c(-c3ccc(C)cc3)nc3ccccc3c2=O)cc1OC. The maximum Gasteiger partial charge on any atom is 0.262 e. The molecule has 0 radical (unpaired) electrons. The largest absolute Gasteiger partial charge is 0.493 e. The highest BCUT2D eigenvalue weighted by molar-refractivity contribution is 5.91. The lowest BCUT2D eigenvalue weighted by molar-refractivity contribution is -0.116. The molecule has 0 atom stereocenters. The first-order valence-corrected chi connectivity index (χ1v) is 10.1. The van der Waals surface area contributed by atoms with Gasteiger partial charge in [-0.2, -0.15) is 0 Å². The molecule has 0 saturated heterocycles. The van der Waals surface area contributed by atoms with Crippen LogP contribution in [0.2, 0.25) is 0 Å². The molecule has 0 aliphatic rings. The Balaban J connectivity index is 1.72. The van der Waals surface area contributed by atoms with E-state index >= 15 is 0 Å². The van der Waals surface area contributed by atoms with Gasteiger partial charge < -0.3 is 14.8 Å². The van der Waals surface area contributed by atoms with Gasteiger partial charge in [0.25, 0.3) is 5.56 Å². The molecule has 1 aromatic heterocycles. The summed E-state index contributed by atoms with van der Waals surface area (Å²) < 4.78 is 11.9. The van der Waals surface area contributed by atoms with Gasteiger partial charge in [0.05, 0.1) is 25.1 Å². The van der Waals surface area contributed by atoms with Crippen LogP contribution in [0.25, 0.3) is 22.3 Å². The zero-order chi connectivity index (χ0) is 22.7. The number of amides is 1. The number of anilines is 1. The van der Waals surface area contributed by atoms with Crippen LogP contribution >= 0.6 is 0 Å². The van der Waals surface area contributed by atoms with Crippen molar-refractivity contribution in [1.82, 2.24) is 9.55 Å². The number of fused-ring (bicyclic) bond motifs is 1. The molecular weight excluding hydrogens is 406 g/mol. The van der Waals surface area contributed by atoms with E-state index in [4.69, 9.17) is 14.5 Å². The van der Waals surface area contributed by atoms with Crippen molar-refractivity contribution in [3.63, 3.8) is 0 Å². The summed E-state index contributed by atoms with van der Waals surface area (Å²) in [6.07, 6.45) is 0. The third-order valence-corrected chi connectivity index (χ3v) is 5.14. The van der Waals surface area contributed by atoms with Crippen molar-refractivity contribution in [2.24, 2.45) is 0 Å². The van der Waals surface area contributed by atoms with Crippen LogP contribution in [-0.4, -0.2) is 29.7 Å². The molecule has 32 heavy (non-hydrogen) atoms. The Morgan fingerprint density at radius 2 is 1.69 bits per heavy atom. The van der Waals surface area contributed by atoms with Crippen molar-refractivity contribution in [2.75, 3.05) is 19.5 Å². The van der Waals surface area contributed by atoms with E-state index in [2.05, 4.69) is 5.32 Å². The van der Waals surface area contributed by atoms with Gasteiger partial charge in [0.2, 0.25) is 5.91 Å². The van der Waals surface area contributed by atoms with Crippen LogP contribution in [0, 0.1) is 6.92 Å². The maximum absolute atomic E-state index is 13.3. The average Bonchev–Trinajstić information content (AvgIpc) is 2.81. The average molecular weight is 429 g/mol. The quantitative estimate of drug-likeness (QED) is 0.500. The van der Waals surface area contributed by atoms with Crippen molar-refractivity contribution in [1.29, 1.82) is 0 Å². The number of aromatic nitrogens is 2. The predicted molar refractivity (Wildman–Crippen MR) is 124 cm³/mol. The van der Waals surface area contributed by atoms with Crippen molar-refractivity contribution < 1.29 is 14.3 Å². The van der Waals surface area contributed by atoms with Gasteiger partial charge in [0, 0.05) is 17.3 Å². The molecule has 7 nitrogen and oxygen atoms in total. The number of ether oxygens (including phenoxy) is 2. The number of carbonyl (C=O) groups excluding carboxylic acids is 1. The zero-order valence-corrected chi connectivity index (χ0v) is 18.1. The standard InChI is InChI=1S/C25H23N3O4/c1-16-8-10-17(11-9-16)24-27-20-7-5-4-6-19(20)25(30)28(24)15-23(29)26-18-12-13-21(31-2)22(14-18)32-3/h4-14H,15H2,1-3H3,(H,26,29). The van der Waals surface area contributed by atoms with Gasteiger partial charge in [-0.15, -0.1) is 0 Å². The topological polar surface area (TPSA) is 82.5 Å². The summed E-state index contributed by atoms with van der Waals surface area (Å²) in [5, 5.41) is 3.28. The summed E-state index contributed by atoms with van der Waals surface area (Å²) in [4.78, 5) is 30.9. The second kappa shape index (κ2) is 8.93. The lowest BCUT2D eigenvalue weighted by atomic mass is 10.1. The fraction of sp³-hybridized carbons (Fsp3) is 0.160. The Bertz CT molecular complexity index is 1340. The molecule has 0 aliphatic heterocycles. The number of para-hydroxylation sites is 1. The molecule has 0 saturated carbocycles. The van der Waals surface area contributed by atoms with Crippen LogP contribution in [0.4, 0.5) is 5.69 Å². The molecule has 0 spiro atoms. The minimum absolute atomic E-state index is 0.186. The highest BCUT2D eigenvalue weighted by atomic mass is 16.5. The van der Waals surface area contributed by atoms with E-state index in [1.807, 2.05) is 37.3 Å². The molecule has 4 aromatic rings. The molecule has 0 fully saturated rings. The van der Waals surface area contributed by atoms with Gasteiger partial charge in [-0.3, -0.25) is 14.2 Å². The molecule has 1 N–H and O–H groups in total. The van der Waals surface area contributed by atoms with E-state index in [0.29, 0.717) is 33.9 Å². The zero-order valence-electron chi connectivity index (χ0n) is 18.1.